The number of rotatable bonds is 9. The molecule has 5 N–H and O–H groups in total. The third-order valence-electron chi connectivity index (χ3n) is 7.81. The maximum absolute atomic E-state index is 13.1. The monoisotopic (exact) mass is 686 g/mol. The molecule has 0 bridgehead atoms. The number of carbonyl (C=O) groups excluding carboxylic acids is 3. The Morgan fingerprint density at radius 2 is 1.35 bits per heavy atom. The zero-order valence-electron chi connectivity index (χ0n) is 28.4. The van der Waals surface area contributed by atoms with Gasteiger partial charge in [0.05, 0.1) is 30.8 Å². The molecule has 0 aliphatic heterocycles. The van der Waals surface area contributed by atoms with Crippen molar-refractivity contribution in [2.75, 3.05) is 25.3 Å². The number of nitrogens with two attached hydrogens (primary N) is 1. The second-order valence-corrected chi connectivity index (χ2v) is 11.4. The molecule has 6 rings (SSSR count). The highest BCUT2D eigenvalue weighted by Gasteiger charge is 2.21. The number of aromatic carboxylic acids is 1. The van der Waals surface area contributed by atoms with Crippen LogP contribution in [0.2, 0.25) is 0 Å². The lowest BCUT2D eigenvalue weighted by Gasteiger charge is -2.13. The third-order valence-corrected chi connectivity index (χ3v) is 7.81. The number of imidazole rings is 1. The summed E-state index contributed by atoms with van der Waals surface area (Å²) in [5.74, 6) is -0.782. The van der Waals surface area contributed by atoms with Crippen LogP contribution < -0.4 is 20.5 Å². The van der Waals surface area contributed by atoms with Crippen molar-refractivity contribution < 1.29 is 33.8 Å². The number of Topliss-reactive ketones (excluding diaryl/α,β-unsaturated/α-hetero) is 1. The normalized spacial score (nSPS) is 10.5. The molecule has 13 heteroatoms. The molecule has 51 heavy (non-hydrogen) atoms. The maximum Gasteiger partial charge on any atom is 0.336 e. The highest BCUT2D eigenvalue weighted by molar-refractivity contribution is 6.09. The van der Waals surface area contributed by atoms with E-state index in [9.17, 15) is 24.3 Å². The molecule has 3 aromatic heterocycles. The van der Waals surface area contributed by atoms with Crippen LogP contribution in [0.4, 0.5) is 11.6 Å². The van der Waals surface area contributed by atoms with E-state index in [4.69, 9.17) is 15.2 Å². The molecule has 6 aromatic rings. The summed E-state index contributed by atoms with van der Waals surface area (Å²) in [6.45, 7) is 5.23. The Bertz CT molecular complexity index is 2310. The van der Waals surface area contributed by atoms with E-state index >= 15 is 0 Å². The number of nitrogens with one attached hydrogen (secondary N) is 2. The summed E-state index contributed by atoms with van der Waals surface area (Å²) >= 11 is 0. The van der Waals surface area contributed by atoms with Crippen LogP contribution in [0, 0.1) is 13.8 Å². The topological polar surface area (TPSA) is 199 Å². The number of H-pyrrole nitrogens is 1. The number of pyridine rings is 2. The van der Waals surface area contributed by atoms with Gasteiger partial charge in [-0.2, -0.15) is 0 Å². The van der Waals surface area contributed by atoms with Gasteiger partial charge in [-0.15, -0.1) is 0 Å². The van der Waals surface area contributed by atoms with Crippen LogP contribution in [-0.2, 0) is 0 Å². The zero-order chi connectivity index (χ0) is 36.8. The maximum atomic E-state index is 13.1. The number of nitrogens with zero attached hydrogens (tertiary/aromatic N) is 3. The van der Waals surface area contributed by atoms with E-state index in [2.05, 4.69) is 25.3 Å². The standard InChI is InChI=1S/C22H19N5O4.C16H15NO3/c1-11-3-5-13(15(9-11)21(29)30)14-6-8-18(31-2)27-19(14)20(28)24-12-4-7-16-17(10-12)26-22(23)25-16;1-10-4-5-12(14(8-10)11(2)19)13-6-7-16(20-3)17-15(13)9-18/h3-10H,1-2H3,(H,24,28)(H,29,30)(H3,23,25,26);4-9H,1-3H3. The van der Waals surface area contributed by atoms with E-state index in [1.165, 1.54) is 21.1 Å². The summed E-state index contributed by atoms with van der Waals surface area (Å²) in [5.41, 5.74) is 12.4. The molecule has 3 aromatic carbocycles. The number of carbonyl (C=O) groups is 4. The average Bonchev–Trinajstić information content (AvgIpc) is 3.50. The average molecular weight is 687 g/mol. The van der Waals surface area contributed by atoms with Gasteiger partial charge < -0.3 is 30.6 Å². The van der Waals surface area contributed by atoms with Gasteiger partial charge >= 0.3 is 5.97 Å². The number of hydrogen-bond acceptors (Lipinski definition) is 10. The lowest BCUT2D eigenvalue weighted by atomic mass is 9.95. The van der Waals surface area contributed by atoms with E-state index in [0.29, 0.717) is 56.7 Å². The number of benzene rings is 3. The first-order chi connectivity index (χ1) is 24.4. The molecule has 13 nitrogen and oxygen atoms in total. The number of aromatic nitrogens is 4. The molecule has 3 heterocycles. The number of carboxylic acid groups (broad SMARTS) is 1. The van der Waals surface area contributed by atoms with Gasteiger partial charge in [0.1, 0.15) is 11.4 Å². The Morgan fingerprint density at radius 1 is 0.765 bits per heavy atom. The molecule has 258 valence electrons. The molecule has 0 atom stereocenters. The largest absolute Gasteiger partial charge is 0.481 e. The minimum atomic E-state index is -1.09. The van der Waals surface area contributed by atoms with Crippen molar-refractivity contribution in [3.8, 4) is 34.0 Å². The summed E-state index contributed by atoms with van der Waals surface area (Å²) in [5, 5.41) is 12.4. The Hall–Kier alpha value is -6.89. The number of methoxy groups -OCH3 is 2. The van der Waals surface area contributed by atoms with E-state index < -0.39 is 11.9 Å². The summed E-state index contributed by atoms with van der Waals surface area (Å²) in [6.07, 6.45) is 0.668. The first kappa shape index (κ1) is 35.4. The fourth-order valence-corrected chi connectivity index (χ4v) is 5.38. The Balaban J connectivity index is 0.000000218. The zero-order valence-corrected chi connectivity index (χ0v) is 28.4. The number of amides is 1. The van der Waals surface area contributed by atoms with Gasteiger partial charge in [-0.05, 0) is 74.4 Å². The minimum Gasteiger partial charge on any atom is -0.481 e. The molecule has 1 amide bonds. The second-order valence-electron chi connectivity index (χ2n) is 11.4. The molecule has 0 spiro atoms. The Labute approximate surface area is 292 Å². The van der Waals surface area contributed by atoms with Gasteiger partial charge in [0.2, 0.25) is 11.8 Å². The molecule has 0 saturated carbocycles. The SMILES string of the molecule is COc1ccc(-c2ccc(C)cc2C(=O)O)c(C(=O)Nc2ccc3nc(N)[nH]c3c2)n1.COc1ccc(-c2ccc(C)cc2C(C)=O)c(C=O)n1. The van der Waals surface area contributed by atoms with Crippen LogP contribution in [0.15, 0.2) is 78.9 Å². The molecule has 0 aliphatic rings. The van der Waals surface area contributed by atoms with Crippen molar-refractivity contribution >= 4 is 46.6 Å². The number of aldehydes is 1. The van der Waals surface area contributed by atoms with Crippen molar-refractivity contribution in [1.29, 1.82) is 0 Å². The summed E-state index contributed by atoms with van der Waals surface area (Å²) in [4.78, 5) is 63.4. The molecule has 0 saturated heterocycles. The van der Waals surface area contributed by atoms with E-state index in [1.807, 2.05) is 25.1 Å². The van der Waals surface area contributed by atoms with Gasteiger partial charge in [-0.25, -0.2) is 19.7 Å². The molecule has 0 unspecified atom stereocenters. The van der Waals surface area contributed by atoms with Crippen molar-refractivity contribution in [2.24, 2.45) is 0 Å². The van der Waals surface area contributed by atoms with Gasteiger partial charge in [-0.1, -0.05) is 35.4 Å². The van der Waals surface area contributed by atoms with Crippen molar-refractivity contribution in [2.45, 2.75) is 20.8 Å². The number of ketones is 1. The fraction of sp³-hybridized carbons (Fsp3) is 0.132. The molecule has 0 fully saturated rings. The number of aryl methyl sites for hydroxylation is 2. The Morgan fingerprint density at radius 3 is 1.96 bits per heavy atom. The number of ether oxygens (including phenoxy) is 2. The van der Waals surface area contributed by atoms with Crippen LogP contribution in [0.1, 0.15) is 59.7 Å². The van der Waals surface area contributed by atoms with Gasteiger partial charge in [0, 0.05) is 34.5 Å². The fourth-order valence-electron chi connectivity index (χ4n) is 5.38. The van der Waals surface area contributed by atoms with Gasteiger partial charge in [0.25, 0.3) is 5.91 Å². The lowest BCUT2D eigenvalue weighted by molar-refractivity contribution is 0.0696. The first-order valence-electron chi connectivity index (χ1n) is 15.5. The van der Waals surface area contributed by atoms with E-state index in [1.54, 1.807) is 67.6 Å². The van der Waals surface area contributed by atoms with Crippen molar-refractivity contribution in [3.63, 3.8) is 0 Å². The second kappa shape index (κ2) is 15.1. The van der Waals surface area contributed by atoms with E-state index in [0.717, 1.165) is 11.1 Å². The van der Waals surface area contributed by atoms with Gasteiger partial charge in [-0.3, -0.25) is 14.4 Å². The summed E-state index contributed by atoms with van der Waals surface area (Å²) in [6, 6.07) is 22.3. The van der Waals surface area contributed by atoms with Crippen LogP contribution in [0.3, 0.4) is 0 Å². The smallest absolute Gasteiger partial charge is 0.336 e. The highest BCUT2D eigenvalue weighted by atomic mass is 16.5. The number of anilines is 2. The molecular weight excluding hydrogens is 652 g/mol. The van der Waals surface area contributed by atoms with Crippen LogP contribution >= 0.6 is 0 Å². The molecular formula is C38H34N6O7. The number of nitrogen functional groups attached to an aromatic ring is 1. The quantitative estimate of drug-likeness (QED) is 0.0949. The van der Waals surface area contributed by atoms with Gasteiger partial charge in [0.15, 0.2) is 18.0 Å². The number of fused-ring (bicyclic) bond motifs is 1. The third kappa shape index (κ3) is 7.89. The minimum absolute atomic E-state index is 0.0370. The Kier molecular flexibility index (Phi) is 10.5. The molecule has 0 radical (unpaired) electrons. The summed E-state index contributed by atoms with van der Waals surface area (Å²) in [7, 11) is 2.93. The lowest BCUT2D eigenvalue weighted by Crippen LogP contribution is -2.16. The van der Waals surface area contributed by atoms with Crippen LogP contribution in [0.5, 0.6) is 11.8 Å². The summed E-state index contributed by atoms with van der Waals surface area (Å²) < 4.78 is 10.2. The molecule has 0 aliphatic carbocycles. The van der Waals surface area contributed by atoms with Crippen molar-refractivity contribution in [1.82, 2.24) is 19.9 Å². The first-order valence-corrected chi connectivity index (χ1v) is 15.5. The number of aromatic amines is 1. The predicted molar refractivity (Wildman–Crippen MR) is 193 cm³/mol. The number of hydrogen-bond donors (Lipinski definition) is 4. The van der Waals surface area contributed by atoms with Crippen LogP contribution in [0.25, 0.3) is 33.3 Å². The van der Waals surface area contributed by atoms with Crippen molar-refractivity contribution in [3.05, 3.63) is 113 Å². The van der Waals surface area contributed by atoms with Crippen LogP contribution in [-0.4, -0.2) is 63.2 Å². The number of carboxylic acids is 1. The predicted octanol–water partition coefficient (Wildman–Crippen LogP) is 6.56. The van der Waals surface area contributed by atoms with E-state index in [-0.39, 0.29) is 34.6 Å². The highest BCUT2D eigenvalue weighted by Crippen LogP contribution is 2.31.